The Labute approximate surface area is 188 Å². The van der Waals surface area contributed by atoms with E-state index < -0.39 is 0 Å². The van der Waals surface area contributed by atoms with Crippen LogP contribution < -0.4 is 10.1 Å². The van der Waals surface area contributed by atoms with Crippen LogP contribution in [-0.4, -0.2) is 32.4 Å². The molecule has 0 atom stereocenters. The van der Waals surface area contributed by atoms with Crippen molar-refractivity contribution >= 4 is 23.4 Å². The molecule has 3 aromatic carbocycles. The van der Waals surface area contributed by atoms with Gasteiger partial charge in [-0.15, -0.1) is 22.0 Å². The van der Waals surface area contributed by atoms with Gasteiger partial charge >= 0.3 is 0 Å². The zero-order chi connectivity index (χ0) is 22.3. The maximum absolute atomic E-state index is 13.7. The molecule has 0 spiro atoms. The number of para-hydroxylation sites is 1. The summed E-state index contributed by atoms with van der Waals surface area (Å²) in [7, 11) is 0. The van der Waals surface area contributed by atoms with Gasteiger partial charge < -0.3 is 10.1 Å². The first-order chi connectivity index (χ1) is 15.6. The normalized spacial score (nSPS) is 10.7. The average Bonchev–Trinajstić information content (AvgIpc) is 3.27. The van der Waals surface area contributed by atoms with E-state index in [-0.39, 0.29) is 24.9 Å². The second kappa shape index (κ2) is 10.1. The Morgan fingerprint density at radius 3 is 2.59 bits per heavy atom. The molecule has 7 nitrogen and oxygen atoms in total. The van der Waals surface area contributed by atoms with Gasteiger partial charge in [-0.1, -0.05) is 30.3 Å². The third-order valence-electron chi connectivity index (χ3n) is 4.58. The largest absolute Gasteiger partial charge is 0.489 e. The lowest BCUT2D eigenvalue weighted by molar-refractivity contribution is -0.117. The van der Waals surface area contributed by atoms with Crippen LogP contribution in [0.5, 0.6) is 5.75 Å². The second-order valence-electron chi connectivity index (χ2n) is 6.80. The molecule has 0 radical (unpaired) electrons. The Bertz CT molecular complexity index is 1210. The predicted octanol–water partition coefficient (Wildman–Crippen LogP) is 4.42. The number of anilines is 1. The number of benzene rings is 3. The molecule has 1 aromatic heterocycles. The van der Waals surface area contributed by atoms with Gasteiger partial charge in [0.1, 0.15) is 24.7 Å². The minimum Gasteiger partial charge on any atom is -0.489 e. The minimum absolute atomic E-state index is 0.0560. The summed E-state index contributed by atoms with van der Waals surface area (Å²) >= 11 is 1.56. The number of aromatic nitrogens is 4. The van der Waals surface area contributed by atoms with E-state index in [0.29, 0.717) is 17.1 Å². The first-order valence-electron chi connectivity index (χ1n) is 9.79. The number of tetrazole rings is 1. The summed E-state index contributed by atoms with van der Waals surface area (Å²) in [6.07, 6.45) is 1.95. The predicted molar refractivity (Wildman–Crippen MR) is 121 cm³/mol. The Morgan fingerprint density at radius 2 is 1.81 bits per heavy atom. The van der Waals surface area contributed by atoms with Crippen molar-refractivity contribution in [1.82, 2.24) is 20.2 Å². The van der Waals surface area contributed by atoms with Gasteiger partial charge in [0.2, 0.25) is 11.7 Å². The van der Waals surface area contributed by atoms with E-state index in [2.05, 4.69) is 20.7 Å². The fourth-order valence-electron chi connectivity index (χ4n) is 2.97. The van der Waals surface area contributed by atoms with Crippen LogP contribution >= 0.6 is 11.8 Å². The molecule has 0 saturated heterocycles. The smallest absolute Gasteiger partial charge is 0.248 e. The molecular formula is C23H20FN5O2S. The van der Waals surface area contributed by atoms with E-state index in [4.69, 9.17) is 4.74 Å². The topological polar surface area (TPSA) is 81.9 Å². The summed E-state index contributed by atoms with van der Waals surface area (Å²) in [5, 5.41) is 15.1. The van der Waals surface area contributed by atoms with Gasteiger partial charge in [0.25, 0.3) is 0 Å². The van der Waals surface area contributed by atoms with E-state index in [0.717, 1.165) is 16.1 Å². The van der Waals surface area contributed by atoms with Gasteiger partial charge in [0, 0.05) is 16.0 Å². The average molecular weight is 450 g/mol. The van der Waals surface area contributed by atoms with Crippen molar-refractivity contribution < 1.29 is 13.9 Å². The Balaban J connectivity index is 1.36. The van der Waals surface area contributed by atoms with Gasteiger partial charge in [-0.2, -0.15) is 4.80 Å². The van der Waals surface area contributed by atoms with Crippen LogP contribution in [0.15, 0.2) is 77.7 Å². The molecule has 32 heavy (non-hydrogen) atoms. The highest BCUT2D eigenvalue weighted by atomic mass is 32.2. The van der Waals surface area contributed by atoms with Crippen molar-refractivity contribution in [3.63, 3.8) is 0 Å². The highest BCUT2D eigenvalue weighted by molar-refractivity contribution is 7.98. The van der Waals surface area contributed by atoms with Crippen LogP contribution in [0, 0.1) is 5.82 Å². The number of halogens is 1. The van der Waals surface area contributed by atoms with Crippen molar-refractivity contribution in [2.75, 3.05) is 11.6 Å². The number of hydrogen-bond acceptors (Lipinski definition) is 6. The van der Waals surface area contributed by atoms with Gasteiger partial charge in [-0.3, -0.25) is 4.79 Å². The number of carbonyl (C=O) groups is 1. The minimum atomic E-state index is -0.300. The van der Waals surface area contributed by atoms with Crippen LogP contribution in [0.1, 0.15) is 5.56 Å². The lowest BCUT2D eigenvalue weighted by Gasteiger charge is -2.08. The Hall–Kier alpha value is -3.72. The number of carbonyl (C=O) groups excluding carboxylic acids is 1. The molecule has 9 heteroatoms. The maximum Gasteiger partial charge on any atom is 0.248 e. The van der Waals surface area contributed by atoms with Crippen molar-refractivity contribution in [3.05, 3.63) is 84.2 Å². The van der Waals surface area contributed by atoms with Crippen LogP contribution in [-0.2, 0) is 17.9 Å². The monoisotopic (exact) mass is 449 g/mol. The Kier molecular flexibility index (Phi) is 6.76. The number of nitrogens with zero attached hydrogens (tertiary/aromatic N) is 4. The number of hydrogen-bond donors (Lipinski definition) is 1. The van der Waals surface area contributed by atoms with Gasteiger partial charge in [-0.25, -0.2) is 4.39 Å². The summed E-state index contributed by atoms with van der Waals surface area (Å²) < 4.78 is 19.3. The summed E-state index contributed by atoms with van der Waals surface area (Å²) in [4.78, 5) is 14.6. The van der Waals surface area contributed by atoms with Gasteiger partial charge in [0.15, 0.2) is 0 Å². The molecular weight excluding hydrogens is 429 g/mol. The first kappa shape index (κ1) is 21.5. The molecule has 4 aromatic rings. The number of amides is 1. The highest BCUT2D eigenvalue weighted by Crippen LogP contribution is 2.24. The fourth-order valence-corrected chi connectivity index (χ4v) is 3.52. The molecule has 0 aliphatic rings. The van der Waals surface area contributed by atoms with Crippen molar-refractivity contribution in [2.45, 2.75) is 18.0 Å². The lowest BCUT2D eigenvalue weighted by Crippen LogP contribution is -2.20. The molecule has 1 heterocycles. The van der Waals surface area contributed by atoms with Crippen LogP contribution in [0.4, 0.5) is 10.1 Å². The molecule has 0 fully saturated rings. The molecule has 0 saturated carbocycles. The number of ether oxygens (including phenoxy) is 1. The molecule has 0 bridgehead atoms. The number of rotatable bonds is 8. The second-order valence-corrected chi connectivity index (χ2v) is 7.64. The van der Waals surface area contributed by atoms with Crippen molar-refractivity contribution in [2.24, 2.45) is 0 Å². The lowest BCUT2D eigenvalue weighted by atomic mass is 10.2. The summed E-state index contributed by atoms with van der Waals surface area (Å²) in [5.41, 5.74) is 1.96. The van der Waals surface area contributed by atoms with Gasteiger partial charge in [-0.05, 0) is 53.9 Å². The van der Waals surface area contributed by atoms with Gasteiger partial charge in [0.05, 0.1) is 5.69 Å². The summed E-state index contributed by atoms with van der Waals surface area (Å²) in [6.45, 7) is 0.0782. The standard InChI is InChI=1S/C23H20FN5O2S/c1-32-21-9-5-4-8-20(21)25-22(30)14-29-27-23(26-28-29)16-10-12-18(13-11-16)31-15-17-6-2-3-7-19(17)24/h2-13H,14-15H2,1H3,(H,25,30). The molecule has 4 rings (SSSR count). The first-order valence-corrected chi connectivity index (χ1v) is 11.0. The van der Waals surface area contributed by atoms with Crippen LogP contribution in [0.25, 0.3) is 11.4 Å². The molecule has 0 aliphatic heterocycles. The Morgan fingerprint density at radius 1 is 1.06 bits per heavy atom. The number of thioether (sulfide) groups is 1. The number of nitrogens with one attached hydrogen (secondary N) is 1. The zero-order valence-corrected chi connectivity index (χ0v) is 18.1. The van der Waals surface area contributed by atoms with Crippen LogP contribution in [0.2, 0.25) is 0 Å². The molecule has 1 amide bonds. The summed E-state index contributed by atoms with van der Waals surface area (Å²) in [5.74, 6) is 0.442. The molecule has 0 unspecified atom stereocenters. The maximum atomic E-state index is 13.7. The van der Waals surface area contributed by atoms with Crippen molar-refractivity contribution in [1.29, 1.82) is 0 Å². The molecule has 0 aliphatic carbocycles. The van der Waals surface area contributed by atoms with Crippen molar-refractivity contribution in [3.8, 4) is 17.1 Å². The van der Waals surface area contributed by atoms with E-state index in [1.807, 2.05) is 30.5 Å². The fraction of sp³-hybridized carbons (Fsp3) is 0.130. The molecule has 162 valence electrons. The van der Waals surface area contributed by atoms with E-state index in [9.17, 15) is 9.18 Å². The third kappa shape index (κ3) is 5.30. The van der Waals surface area contributed by atoms with E-state index in [1.165, 1.54) is 10.9 Å². The molecule has 1 N–H and O–H groups in total. The van der Waals surface area contributed by atoms with E-state index in [1.54, 1.807) is 54.2 Å². The summed E-state index contributed by atoms with van der Waals surface area (Å²) in [6, 6.07) is 21.1. The third-order valence-corrected chi connectivity index (χ3v) is 5.38. The SMILES string of the molecule is CSc1ccccc1NC(=O)Cn1nnc(-c2ccc(OCc3ccccc3F)cc2)n1. The zero-order valence-electron chi connectivity index (χ0n) is 17.2. The van der Waals surface area contributed by atoms with E-state index >= 15 is 0 Å². The quantitative estimate of drug-likeness (QED) is 0.401. The highest BCUT2D eigenvalue weighted by Gasteiger charge is 2.11. The van der Waals surface area contributed by atoms with Crippen LogP contribution in [0.3, 0.4) is 0 Å².